The van der Waals surface area contributed by atoms with Crippen LogP contribution in [0.1, 0.15) is 5.56 Å². The maximum absolute atomic E-state index is 5.95. The molecule has 1 aliphatic heterocycles. The van der Waals surface area contributed by atoms with Crippen molar-refractivity contribution in [3.8, 4) is 16.2 Å². The highest BCUT2D eigenvalue weighted by Crippen LogP contribution is 2.25. The van der Waals surface area contributed by atoms with Gasteiger partial charge in [0, 0.05) is 24.5 Å². The van der Waals surface area contributed by atoms with Crippen molar-refractivity contribution in [1.29, 1.82) is 0 Å². The van der Waals surface area contributed by atoms with Crippen molar-refractivity contribution in [3.05, 3.63) is 77.7 Å². The molecule has 0 bridgehead atoms. The predicted octanol–water partition coefficient (Wildman–Crippen LogP) is 4.68. The Balaban J connectivity index is 1.29. The van der Waals surface area contributed by atoms with E-state index in [0.29, 0.717) is 6.10 Å². The molecule has 2 aromatic carbocycles. The number of benzene rings is 2. The molecule has 2 nitrogen and oxygen atoms in total. The van der Waals surface area contributed by atoms with E-state index in [0.717, 1.165) is 25.4 Å². The maximum atomic E-state index is 5.95. The number of para-hydroxylation sites is 1. The first-order valence-corrected chi connectivity index (χ1v) is 8.82. The number of hydrogen-bond donors (Lipinski definition) is 0. The largest absolute Gasteiger partial charge is 0.488 e. The fourth-order valence-corrected chi connectivity index (χ4v) is 3.63. The van der Waals surface area contributed by atoms with Crippen molar-refractivity contribution in [2.24, 2.45) is 0 Å². The standard InChI is InChI=1S/C20H19NOS/c1-2-5-18(6-3-1)22-19-14-21(15-19)13-16-8-10-17(11-9-16)20-7-4-12-23-20/h1-12,19H,13-15H2. The van der Waals surface area contributed by atoms with E-state index >= 15 is 0 Å². The molecule has 2 heterocycles. The Morgan fingerprint density at radius 1 is 0.913 bits per heavy atom. The monoisotopic (exact) mass is 321 g/mol. The van der Waals surface area contributed by atoms with Crippen molar-refractivity contribution >= 4 is 11.3 Å². The molecule has 3 heteroatoms. The lowest BCUT2D eigenvalue weighted by Gasteiger charge is -2.39. The van der Waals surface area contributed by atoms with Gasteiger partial charge in [-0.3, -0.25) is 4.90 Å². The van der Waals surface area contributed by atoms with E-state index in [-0.39, 0.29) is 0 Å². The number of hydrogen-bond acceptors (Lipinski definition) is 3. The molecule has 1 aliphatic rings. The van der Waals surface area contributed by atoms with Gasteiger partial charge in [0.2, 0.25) is 0 Å². The minimum absolute atomic E-state index is 0.322. The minimum Gasteiger partial charge on any atom is -0.488 e. The molecule has 116 valence electrons. The highest BCUT2D eigenvalue weighted by Gasteiger charge is 2.28. The minimum atomic E-state index is 0.322. The summed E-state index contributed by atoms with van der Waals surface area (Å²) in [5.41, 5.74) is 2.67. The third kappa shape index (κ3) is 3.46. The van der Waals surface area contributed by atoms with Crippen LogP contribution in [0.15, 0.2) is 72.1 Å². The van der Waals surface area contributed by atoms with Gasteiger partial charge in [0.15, 0.2) is 0 Å². The van der Waals surface area contributed by atoms with Gasteiger partial charge in [0.05, 0.1) is 0 Å². The van der Waals surface area contributed by atoms with Crippen LogP contribution >= 0.6 is 11.3 Å². The highest BCUT2D eigenvalue weighted by molar-refractivity contribution is 7.13. The summed E-state index contributed by atoms with van der Waals surface area (Å²) in [5, 5.41) is 2.12. The zero-order valence-corrected chi connectivity index (χ0v) is 13.7. The highest BCUT2D eigenvalue weighted by atomic mass is 32.1. The SMILES string of the molecule is c1ccc(OC2CN(Cc3ccc(-c4cccs4)cc3)C2)cc1. The van der Waals surface area contributed by atoms with Gasteiger partial charge in [-0.25, -0.2) is 0 Å². The van der Waals surface area contributed by atoms with Crippen LogP contribution in [-0.2, 0) is 6.54 Å². The van der Waals surface area contributed by atoms with Crippen LogP contribution < -0.4 is 4.74 Å². The van der Waals surface area contributed by atoms with Crippen molar-refractivity contribution in [2.75, 3.05) is 13.1 Å². The summed E-state index contributed by atoms with van der Waals surface area (Å²) >= 11 is 1.79. The van der Waals surface area contributed by atoms with Crippen LogP contribution in [0.4, 0.5) is 0 Å². The summed E-state index contributed by atoms with van der Waals surface area (Å²) < 4.78 is 5.95. The normalized spacial score (nSPS) is 15.3. The Kier molecular flexibility index (Phi) is 4.14. The zero-order valence-electron chi connectivity index (χ0n) is 12.9. The molecule has 3 aromatic rings. The summed E-state index contributed by atoms with van der Waals surface area (Å²) in [7, 11) is 0. The number of likely N-dealkylation sites (tertiary alicyclic amines) is 1. The molecule has 0 unspecified atom stereocenters. The smallest absolute Gasteiger partial charge is 0.124 e. The fraction of sp³-hybridized carbons (Fsp3) is 0.200. The topological polar surface area (TPSA) is 12.5 Å². The second kappa shape index (κ2) is 6.57. The van der Waals surface area contributed by atoms with Gasteiger partial charge >= 0.3 is 0 Å². The summed E-state index contributed by atoms with van der Waals surface area (Å²) in [6.45, 7) is 3.00. The van der Waals surface area contributed by atoms with Crippen LogP contribution in [-0.4, -0.2) is 24.1 Å². The molecule has 0 aliphatic carbocycles. The Labute approximate surface area is 141 Å². The van der Waals surface area contributed by atoms with E-state index in [4.69, 9.17) is 4.74 Å². The molecule has 0 atom stereocenters. The van der Waals surface area contributed by atoms with Gasteiger partial charge in [-0.15, -0.1) is 11.3 Å². The zero-order chi connectivity index (χ0) is 15.5. The summed E-state index contributed by atoms with van der Waals surface area (Å²) in [6, 6.07) is 23.3. The van der Waals surface area contributed by atoms with Crippen LogP contribution in [0.25, 0.3) is 10.4 Å². The Morgan fingerprint density at radius 3 is 2.39 bits per heavy atom. The lowest BCUT2D eigenvalue weighted by Crippen LogP contribution is -2.53. The first-order chi connectivity index (χ1) is 11.4. The Morgan fingerprint density at radius 2 is 1.70 bits per heavy atom. The summed E-state index contributed by atoms with van der Waals surface area (Å²) in [4.78, 5) is 3.75. The van der Waals surface area contributed by atoms with Crippen molar-refractivity contribution in [3.63, 3.8) is 0 Å². The van der Waals surface area contributed by atoms with E-state index in [1.807, 2.05) is 30.3 Å². The summed E-state index contributed by atoms with van der Waals surface area (Å²) in [5.74, 6) is 0.970. The average Bonchev–Trinajstić information content (AvgIpc) is 3.09. The Bertz CT molecular complexity index is 731. The van der Waals surface area contributed by atoms with E-state index in [9.17, 15) is 0 Å². The average molecular weight is 321 g/mol. The molecular formula is C20H19NOS. The van der Waals surface area contributed by atoms with E-state index in [2.05, 4.69) is 46.7 Å². The third-order valence-corrected chi connectivity index (χ3v) is 5.05. The van der Waals surface area contributed by atoms with Crippen LogP contribution in [0.2, 0.25) is 0 Å². The quantitative estimate of drug-likeness (QED) is 0.676. The van der Waals surface area contributed by atoms with E-state index in [1.165, 1.54) is 16.0 Å². The number of ether oxygens (including phenoxy) is 1. The van der Waals surface area contributed by atoms with Gasteiger partial charge < -0.3 is 4.74 Å². The van der Waals surface area contributed by atoms with E-state index < -0.39 is 0 Å². The number of rotatable bonds is 5. The van der Waals surface area contributed by atoms with Gasteiger partial charge in [0.25, 0.3) is 0 Å². The molecular weight excluding hydrogens is 302 g/mol. The van der Waals surface area contributed by atoms with Gasteiger partial charge in [-0.05, 0) is 34.7 Å². The van der Waals surface area contributed by atoms with Crippen LogP contribution in [0.5, 0.6) is 5.75 Å². The third-order valence-electron chi connectivity index (χ3n) is 4.14. The molecule has 0 radical (unpaired) electrons. The lowest BCUT2D eigenvalue weighted by molar-refractivity contribution is 0.0146. The van der Waals surface area contributed by atoms with Crippen LogP contribution in [0, 0.1) is 0 Å². The number of thiophene rings is 1. The molecule has 1 fully saturated rings. The summed E-state index contributed by atoms with van der Waals surface area (Å²) in [6.07, 6.45) is 0.322. The Hall–Kier alpha value is -2.10. The molecule has 0 amide bonds. The lowest BCUT2D eigenvalue weighted by atomic mass is 10.1. The predicted molar refractivity (Wildman–Crippen MR) is 95.9 cm³/mol. The van der Waals surface area contributed by atoms with Crippen LogP contribution in [0.3, 0.4) is 0 Å². The molecule has 1 aromatic heterocycles. The van der Waals surface area contributed by atoms with Gasteiger partial charge in [-0.1, -0.05) is 48.5 Å². The maximum Gasteiger partial charge on any atom is 0.124 e. The van der Waals surface area contributed by atoms with Crippen molar-refractivity contribution in [1.82, 2.24) is 4.90 Å². The number of nitrogens with zero attached hydrogens (tertiary/aromatic N) is 1. The van der Waals surface area contributed by atoms with Crippen molar-refractivity contribution < 1.29 is 4.74 Å². The first-order valence-electron chi connectivity index (χ1n) is 7.94. The second-order valence-electron chi connectivity index (χ2n) is 5.92. The molecule has 0 saturated carbocycles. The molecule has 0 N–H and O–H groups in total. The molecule has 4 rings (SSSR count). The van der Waals surface area contributed by atoms with E-state index in [1.54, 1.807) is 11.3 Å². The molecule has 0 spiro atoms. The van der Waals surface area contributed by atoms with Gasteiger partial charge in [-0.2, -0.15) is 0 Å². The second-order valence-corrected chi connectivity index (χ2v) is 6.87. The van der Waals surface area contributed by atoms with Gasteiger partial charge in [0.1, 0.15) is 11.9 Å². The fourth-order valence-electron chi connectivity index (χ4n) is 2.89. The molecule has 23 heavy (non-hydrogen) atoms. The first kappa shape index (κ1) is 14.5. The van der Waals surface area contributed by atoms with Crippen molar-refractivity contribution in [2.45, 2.75) is 12.6 Å². The molecule has 1 saturated heterocycles.